The van der Waals surface area contributed by atoms with E-state index in [4.69, 9.17) is 4.74 Å². The molecular weight excluding hydrogens is 338 g/mol. The fraction of sp³-hybridized carbons (Fsp3) is 0.231. The summed E-state index contributed by atoms with van der Waals surface area (Å²) in [6, 6.07) is 7.68. The third kappa shape index (κ3) is 3.73. The molecule has 0 saturated heterocycles. The molecule has 0 aliphatic carbocycles. The normalized spacial score (nSPS) is 10.6. The van der Waals surface area contributed by atoms with E-state index in [9.17, 15) is 0 Å². The molecule has 3 aromatic rings. The lowest BCUT2D eigenvalue weighted by Crippen LogP contribution is -1.90. The van der Waals surface area contributed by atoms with Crippen LogP contribution < -0.4 is 10.1 Å². The molecular formula is C13H13N5OS3. The molecule has 6 nitrogen and oxygen atoms in total. The van der Waals surface area contributed by atoms with Crippen LogP contribution in [0, 0.1) is 0 Å². The fourth-order valence-electron chi connectivity index (χ4n) is 1.62. The highest BCUT2D eigenvalue weighted by Crippen LogP contribution is 2.34. The number of hydrogen-bond acceptors (Lipinski definition) is 9. The van der Waals surface area contributed by atoms with Gasteiger partial charge in [-0.1, -0.05) is 24.3 Å². The molecule has 0 aliphatic rings. The Labute approximate surface area is 140 Å². The van der Waals surface area contributed by atoms with E-state index in [0.29, 0.717) is 0 Å². The summed E-state index contributed by atoms with van der Waals surface area (Å²) in [5.41, 5.74) is 0.913. The number of hydrogen-bond donors (Lipinski definition) is 1. The number of methoxy groups -OCH3 is 1. The van der Waals surface area contributed by atoms with E-state index < -0.39 is 0 Å². The van der Waals surface area contributed by atoms with Crippen LogP contribution in [-0.2, 0) is 6.42 Å². The Morgan fingerprint density at radius 3 is 2.95 bits per heavy atom. The van der Waals surface area contributed by atoms with Crippen LogP contribution in [0.1, 0.15) is 12.7 Å². The van der Waals surface area contributed by atoms with Crippen LogP contribution >= 0.6 is 34.6 Å². The summed E-state index contributed by atoms with van der Waals surface area (Å²) >= 11 is 4.36. The highest BCUT2D eigenvalue weighted by molar-refractivity contribution is 8.02. The van der Waals surface area contributed by atoms with Gasteiger partial charge in [-0.25, -0.2) is 4.98 Å². The maximum atomic E-state index is 5.20. The van der Waals surface area contributed by atoms with Gasteiger partial charge in [0.1, 0.15) is 11.6 Å². The van der Waals surface area contributed by atoms with Crippen LogP contribution in [0.25, 0.3) is 0 Å². The summed E-state index contributed by atoms with van der Waals surface area (Å²) in [5.74, 6) is 1.66. The van der Waals surface area contributed by atoms with E-state index in [0.717, 1.165) is 37.5 Å². The summed E-state index contributed by atoms with van der Waals surface area (Å²) < 4.78 is 11.2. The molecule has 1 N–H and O–H groups in total. The first kappa shape index (κ1) is 15.2. The second kappa shape index (κ2) is 7.03. The van der Waals surface area contributed by atoms with Crippen molar-refractivity contribution in [3.05, 3.63) is 30.1 Å². The van der Waals surface area contributed by atoms with Gasteiger partial charge < -0.3 is 10.1 Å². The zero-order valence-electron chi connectivity index (χ0n) is 11.9. The maximum absolute atomic E-state index is 5.20. The molecule has 2 heterocycles. The Balaban J connectivity index is 1.67. The van der Waals surface area contributed by atoms with Gasteiger partial charge in [0.15, 0.2) is 8.68 Å². The molecule has 0 saturated carbocycles. The Morgan fingerprint density at radius 1 is 1.27 bits per heavy atom. The van der Waals surface area contributed by atoms with Crippen molar-refractivity contribution in [2.75, 3.05) is 12.4 Å². The molecule has 0 unspecified atom stereocenters. The minimum atomic E-state index is 0.732. The molecule has 0 radical (unpaired) electrons. The monoisotopic (exact) mass is 351 g/mol. The second-order valence-electron chi connectivity index (χ2n) is 4.16. The van der Waals surface area contributed by atoms with Crippen molar-refractivity contribution in [2.24, 2.45) is 0 Å². The molecule has 9 heteroatoms. The third-order valence-electron chi connectivity index (χ3n) is 2.67. The minimum absolute atomic E-state index is 0.732. The molecule has 2 aromatic heterocycles. The van der Waals surface area contributed by atoms with Crippen molar-refractivity contribution in [3.8, 4) is 5.75 Å². The molecule has 0 bridgehead atoms. The average Bonchev–Trinajstić information content (AvgIpc) is 3.17. The van der Waals surface area contributed by atoms with Crippen molar-refractivity contribution in [1.82, 2.24) is 19.6 Å². The topological polar surface area (TPSA) is 72.8 Å². The van der Waals surface area contributed by atoms with E-state index in [2.05, 4.69) is 24.9 Å². The van der Waals surface area contributed by atoms with Gasteiger partial charge in [-0.2, -0.15) is 4.37 Å². The highest BCUT2D eigenvalue weighted by atomic mass is 32.2. The van der Waals surface area contributed by atoms with E-state index in [1.807, 2.05) is 31.2 Å². The van der Waals surface area contributed by atoms with E-state index >= 15 is 0 Å². The van der Waals surface area contributed by atoms with Gasteiger partial charge in [-0.15, -0.1) is 10.2 Å². The number of benzene rings is 1. The molecule has 22 heavy (non-hydrogen) atoms. The number of rotatable bonds is 6. The average molecular weight is 351 g/mol. The second-order valence-corrected chi connectivity index (χ2v) is 7.39. The summed E-state index contributed by atoms with van der Waals surface area (Å²) in [6.07, 6.45) is 0.843. The van der Waals surface area contributed by atoms with Crippen LogP contribution in [0.2, 0.25) is 0 Å². The Hall–Kier alpha value is -1.71. The van der Waals surface area contributed by atoms with Crippen molar-refractivity contribution >= 4 is 45.5 Å². The Bertz CT molecular complexity index is 757. The van der Waals surface area contributed by atoms with E-state index in [-0.39, 0.29) is 0 Å². The molecule has 3 rings (SSSR count). The SMILES string of the molecule is CCc1nsc(Sc2nnc(Nc3cccc(OC)c3)s2)n1. The molecule has 0 amide bonds. The molecule has 0 aliphatic heterocycles. The van der Waals surface area contributed by atoms with Gasteiger partial charge in [-0.05, 0) is 35.4 Å². The van der Waals surface area contributed by atoms with Gasteiger partial charge in [-0.3, -0.25) is 0 Å². The zero-order valence-corrected chi connectivity index (χ0v) is 14.4. The lowest BCUT2D eigenvalue weighted by atomic mass is 10.3. The van der Waals surface area contributed by atoms with Crippen molar-refractivity contribution in [3.63, 3.8) is 0 Å². The number of nitrogens with zero attached hydrogens (tertiary/aromatic N) is 4. The van der Waals surface area contributed by atoms with Gasteiger partial charge >= 0.3 is 0 Å². The highest BCUT2D eigenvalue weighted by Gasteiger charge is 2.10. The molecule has 0 atom stereocenters. The Kier molecular flexibility index (Phi) is 4.86. The van der Waals surface area contributed by atoms with Crippen molar-refractivity contribution in [1.29, 1.82) is 0 Å². The predicted molar refractivity (Wildman–Crippen MR) is 89.6 cm³/mol. The lowest BCUT2D eigenvalue weighted by Gasteiger charge is -2.04. The van der Waals surface area contributed by atoms with E-state index in [1.54, 1.807) is 7.11 Å². The van der Waals surface area contributed by atoms with E-state index in [1.165, 1.54) is 34.6 Å². The smallest absolute Gasteiger partial charge is 0.210 e. The first-order valence-corrected chi connectivity index (χ1v) is 8.92. The molecule has 1 aromatic carbocycles. The minimum Gasteiger partial charge on any atom is -0.497 e. The molecule has 114 valence electrons. The van der Waals surface area contributed by atoms with Crippen molar-refractivity contribution in [2.45, 2.75) is 22.0 Å². The number of nitrogens with one attached hydrogen (secondary N) is 1. The summed E-state index contributed by atoms with van der Waals surface area (Å²) in [5, 5.41) is 12.3. The molecule has 0 fully saturated rings. The first-order valence-electron chi connectivity index (χ1n) is 6.52. The van der Waals surface area contributed by atoms with Gasteiger partial charge in [0.25, 0.3) is 0 Å². The number of aromatic nitrogens is 4. The number of aryl methyl sites for hydroxylation is 1. The Morgan fingerprint density at radius 2 is 2.18 bits per heavy atom. The van der Waals surface area contributed by atoms with Crippen LogP contribution in [0.4, 0.5) is 10.8 Å². The van der Waals surface area contributed by atoms with Crippen molar-refractivity contribution < 1.29 is 4.74 Å². The third-order valence-corrected chi connectivity index (χ3v) is 5.35. The predicted octanol–water partition coefficient (Wildman–Crippen LogP) is 3.86. The standard InChI is InChI=1S/C13H13N5OS3/c1-3-10-15-12(22-18-10)21-13-17-16-11(20-13)14-8-5-4-6-9(7-8)19-2/h4-7H,3H2,1-2H3,(H,14,16). The molecule has 0 spiro atoms. The first-order chi connectivity index (χ1) is 10.8. The van der Waals surface area contributed by atoms with Crippen LogP contribution in [0.3, 0.4) is 0 Å². The van der Waals surface area contributed by atoms with Gasteiger partial charge in [0.2, 0.25) is 5.13 Å². The number of anilines is 2. The van der Waals surface area contributed by atoms with Crippen LogP contribution in [-0.4, -0.2) is 26.7 Å². The zero-order chi connectivity index (χ0) is 15.4. The fourth-order valence-corrected chi connectivity index (χ4v) is 4.30. The summed E-state index contributed by atoms with van der Waals surface area (Å²) in [7, 11) is 1.64. The summed E-state index contributed by atoms with van der Waals surface area (Å²) in [4.78, 5) is 4.41. The van der Waals surface area contributed by atoms with Gasteiger partial charge in [0, 0.05) is 18.2 Å². The number of ether oxygens (including phenoxy) is 1. The quantitative estimate of drug-likeness (QED) is 0.723. The van der Waals surface area contributed by atoms with Crippen LogP contribution in [0.15, 0.2) is 32.9 Å². The largest absolute Gasteiger partial charge is 0.497 e. The summed E-state index contributed by atoms with van der Waals surface area (Å²) in [6.45, 7) is 2.04. The van der Waals surface area contributed by atoms with Crippen LogP contribution in [0.5, 0.6) is 5.75 Å². The van der Waals surface area contributed by atoms with Gasteiger partial charge in [0.05, 0.1) is 7.11 Å². The lowest BCUT2D eigenvalue weighted by molar-refractivity contribution is 0.415. The maximum Gasteiger partial charge on any atom is 0.210 e.